The highest BCUT2D eigenvalue weighted by atomic mass is 79.9. The lowest BCUT2D eigenvalue weighted by atomic mass is 10.0. The Kier molecular flexibility index (Phi) is 8.58. The zero-order valence-corrected chi connectivity index (χ0v) is 25.2. The van der Waals surface area contributed by atoms with Crippen LogP contribution >= 0.6 is 15.9 Å². The number of fused-ring (bicyclic) bond motifs is 2. The van der Waals surface area contributed by atoms with Crippen molar-refractivity contribution in [3.63, 3.8) is 0 Å². The van der Waals surface area contributed by atoms with E-state index in [0.717, 1.165) is 26.5 Å². The van der Waals surface area contributed by atoms with Gasteiger partial charge in [-0.1, -0.05) is 40.2 Å². The van der Waals surface area contributed by atoms with E-state index in [4.69, 9.17) is 9.47 Å². The molecule has 3 aromatic carbocycles. The van der Waals surface area contributed by atoms with Gasteiger partial charge in [-0.15, -0.1) is 0 Å². The molecule has 2 unspecified atom stereocenters. The van der Waals surface area contributed by atoms with Crippen molar-refractivity contribution in [1.82, 2.24) is 10.2 Å². The first kappa shape index (κ1) is 29.2. The SMILES string of the molecule is COc1ccc2cc(Br)ccc2c1CN1C(=O)C(NC(=O)C(C)N(C)C(=O)OC(C)(C)C)CNc2ccccc21. The van der Waals surface area contributed by atoms with Gasteiger partial charge in [0.05, 0.1) is 25.0 Å². The molecule has 3 amide bonds. The Morgan fingerprint density at radius 2 is 1.90 bits per heavy atom. The third-order valence-electron chi connectivity index (χ3n) is 6.80. The minimum absolute atomic E-state index is 0.181. The van der Waals surface area contributed by atoms with Crippen LogP contribution in [0.25, 0.3) is 10.8 Å². The molecule has 2 N–H and O–H groups in total. The second-order valence-electron chi connectivity index (χ2n) is 10.8. The Hall–Kier alpha value is -3.79. The molecular formula is C30H35BrN4O5. The zero-order chi connectivity index (χ0) is 29.2. The van der Waals surface area contributed by atoms with Crippen LogP contribution in [-0.4, -0.2) is 61.2 Å². The van der Waals surface area contributed by atoms with Crippen molar-refractivity contribution in [1.29, 1.82) is 0 Å². The Bertz CT molecular complexity index is 1440. The molecule has 1 aliphatic heterocycles. The fraction of sp³-hybridized carbons (Fsp3) is 0.367. The van der Waals surface area contributed by atoms with Crippen LogP contribution in [0.5, 0.6) is 5.75 Å². The van der Waals surface area contributed by atoms with Crippen LogP contribution < -0.4 is 20.3 Å². The van der Waals surface area contributed by atoms with E-state index in [9.17, 15) is 14.4 Å². The molecule has 9 nitrogen and oxygen atoms in total. The summed E-state index contributed by atoms with van der Waals surface area (Å²) in [5, 5.41) is 8.11. The Balaban J connectivity index is 1.64. The van der Waals surface area contributed by atoms with E-state index in [-0.39, 0.29) is 19.0 Å². The largest absolute Gasteiger partial charge is 0.496 e. The second kappa shape index (κ2) is 11.8. The number of amides is 3. The highest BCUT2D eigenvalue weighted by Gasteiger charge is 2.35. The van der Waals surface area contributed by atoms with Crippen LogP contribution in [0.15, 0.2) is 59.1 Å². The van der Waals surface area contributed by atoms with Crippen LogP contribution in [0.3, 0.4) is 0 Å². The summed E-state index contributed by atoms with van der Waals surface area (Å²) in [5.74, 6) is -0.0911. The molecule has 212 valence electrons. The lowest BCUT2D eigenvalue weighted by molar-refractivity contribution is -0.130. The highest BCUT2D eigenvalue weighted by molar-refractivity contribution is 9.10. The van der Waals surface area contributed by atoms with Crippen molar-refractivity contribution in [2.24, 2.45) is 0 Å². The van der Waals surface area contributed by atoms with Crippen LogP contribution in [0.2, 0.25) is 0 Å². The summed E-state index contributed by atoms with van der Waals surface area (Å²) in [4.78, 5) is 42.7. The van der Waals surface area contributed by atoms with Crippen molar-refractivity contribution in [2.45, 2.75) is 51.9 Å². The van der Waals surface area contributed by atoms with Gasteiger partial charge in [0.25, 0.3) is 5.91 Å². The van der Waals surface area contributed by atoms with Gasteiger partial charge in [-0.05, 0) is 68.8 Å². The molecule has 0 bridgehead atoms. The molecule has 10 heteroatoms. The number of halogens is 1. The Morgan fingerprint density at radius 1 is 1.18 bits per heavy atom. The molecule has 4 rings (SSSR count). The number of ether oxygens (including phenoxy) is 2. The smallest absolute Gasteiger partial charge is 0.410 e. The second-order valence-corrected chi connectivity index (χ2v) is 11.7. The quantitative estimate of drug-likeness (QED) is 0.392. The number of rotatable bonds is 6. The van der Waals surface area contributed by atoms with Gasteiger partial charge in [0.15, 0.2) is 0 Å². The van der Waals surface area contributed by atoms with Crippen LogP contribution in [0.4, 0.5) is 16.2 Å². The van der Waals surface area contributed by atoms with Crippen LogP contribution in [0, 0.1) is 0 Å². The number of para-hydroxylation sites is 2. The fourth-order valence-corrected chi connectivity index (χ4v) is 4.94. The van der Waals surface area contributed by atoms with Crippen molar-refractivity contribution >= 4 is 56.0 Å². The van der Waals surface area contributed by atoms with Crippen LogP contribution in [-0.2, 0) is 20.9 Å². The number of carbonyl (C=O) groups is 3. The summed E-state index contributed by atoms with van der Waals surface area (Å²) in [6.45, 7) is 7.28. The van der Waals surface area contributed by atoms with Crippen molar-refractivity contribution < 1.29 is 23.9 Å². The minimum atomic E-state index is -0.885. The number of nitrogens with zero attached hydrogens (tertiary/aromatic N) is 2. The average molecular weight is 612 g/mol. The molecule has 0 saturated heterocycles. The number of benzene rings is 3. The number of methoxy groups -OCH3 is 1. The average Bonchev–Trinajstić information content (AvgIpc) is 3.03. The molecule has 2 atom stereocenters. The van der Waals surface area contributed by atoms with E-state index in [1.807, 2.05) is 54.6 Å². The van der Waals surface area contributed by atoms with Gasteiger partial charge in [-0.3, -0.25) is 14.5 Å². The predicted octanol–water partition coefficient (Wildman–Crippen LogP) is 5.31. The van der Waals surface area contributed by atoms with Crippen molar-refractivity contribution in [3.8, 4) is 5.75 Å². The number of hydrogen-bond donors (Lipinski definition) is 2. The van der Waals surface area contributed by atoms with E-state index >= 15 is 0 Å². The maximum Gasteiger partial charge on any atom is 0.410 e. The Labute approximate surface area is 242 Å². The van der Waals surface area contributed by atoms with Crippen molar-refractivity contribution in [3.05, 3.63) is 64.6 Å². The maximum atomic E-state index is 14.1. The van der Waals surface area contributed by atoms with Gasteiger partial charge >= 0.3 is 6.09 Å². The number of hydrogen-bond acceptors (Lipinski definition) is 6. The first-order valence-electron chi connectivity index (χ1n) is 13.0. The molecule has 40 heavy (non-hydrogen) atoms. The van der Waals surface area contributed by atoms with Gasteiger partial charge in [0.2, 0.25) is 5.91 Å². The third kappa shape index (κ3) is 6.33. The molecule has 0 aliphatic carbocycles. The predicted molar refractivity (Wildman–Crippen MR) is 160 cm³/mol. The number of anilines is 2. The lowest BCUT2D eigenvalue weighted by Crippen LogP contribution is -2.55. The van der Waals surface area contributed by atoms with Gasteiger partial charge in [-0.2, -0.15) is 0 Å². The molecule has 0 spiro atoms. The van der Waals surface area contributed by atoms with Crippen molar-refractivity contribution in [2.75, 3.05) is 30.9 Å². The molecule has 0 fully saturated rings. The maximum absolute atomic E-state index is 14.1. The molecule has 0 radical (unpaired) electrons. The third-order valence-corrected chi connectivity index (χ3v) is 7.29. The standard InChI is InChI=1S/C30H35BrN4O5/c1-18(34(5)29(38)40-30(2,3)4)27(36)33-24-16-32-23-9-7-8-10-25(23)35(28(24)37)17-22-21-13-12-20(31)15-19(21)11-14-26(22)39-6/h7-15,18,24,32H,16-17H2,1-6H3,(H,33,36). The molecule has 1 heterocycles. The first-order valence-corrected chi connectivity index (χ1v) is 13.8. The molecule has 3 aromatic rings. The van der Waals surface area contributed by atoms with Gasteiger partial charge in [0, 0.05) is 23.6 Å². The summed E-state index contributed by atoms with van der Waals surface area (Å²) in [5.41, 5.74) is 1.61. The van der Waals surface area contributed by atoms with Gasteiger partial charge in [0.1, 0.15) is 23.4 Å². The topological polar surface area (TPSA) is 100 Å². The normalized spacial score (nSPS) is 15.9. The number of nitrogens with one attached hydrogen (secondary N) is 2. The summed E-state index contributed by atoms with van der Waals surface area (Å²) >= 11 is 3.53. The minimum Gasteiger partial charge on any atom is -0.496 e. The summed E-state index contributed by atoms with van der Waals surface area (Å²) in [7, 11) is 3.10. The molecule has 0 aromatic heterocycles. The first-order chi connectivity index (χ1) is 18.9. The van der Waals surface area contributed by atoms with E-state index in [2.05, 4.69) is 26.6 Å². The Morgan fingerprint density at radius 3 is 2.60 bits per heavy atom. The van der Waals surface area contributed by atoms with E-state index < -0.39 is 29.7 Å². The fourth-order valence-electron chi connectivity index (χ4n) is 4.56. The number of likely N-dealkylation sites (N-methyl/N-ethyl adjacent to an activating group) is 1. The molecule has 1 aliphatic rings. The number of carbonyl (C=O) groups excluding carboxylic acids is 3. The summed E-state index contributed by atoms with van der Waals surface area (Å²) < 4.78 is 12.0. The molecular weight excluding hydrogens is 576 g/mol. The van der Waals surface area contributed by atoms with E-state index in [1.54, 1.807) is 39.7 Å². The van der Waals surface area contributed by atoms with Gasteiger partial charge < -0.3 is 25.0 Å². The van der Waals surface area contributed by atoms with Crippen LogP contribution in [0.1, 0.15) is 33.3 Å². The monoisotopic (exact) mass is 610 g/mol. The van der Waals surface area contributed by atoms with Gasteiger partial charge in [-0.25, -0.2) is 4.79 Å². The summed E-state index contributed by atoms with van der Waals surface area (Å²) in [6.07, 6.45) is -0.621. The van der Waals surface area contributed by atoms with E-state index in [1.165, 1.54) is 11.9 Å². The zero-order valence-electron chi connectivity index (χ0n) is 23.6. The lowest BCUT2D eigenvalue weighted by Gasteiger charge is -2.30. The highest BCUT2D eigenvalue weighted by Crippen LogP contribution is 2.35. The molecule has 0 saturated carbocycles. The summed E-state index contributed by atoms with van der Waals surface area (Å²) in [6, 6.07) is 15.6. The van der Waals surface area contributed by atoms with E-state index in [0.29, 0.717) is 11.4 Å².